The van der Waals surface area contributed by atoms with Gasteiger partial charge < -0.3 is 21.3 Å². The minimum absolute atomic E-state index is 0.0204. The Morgan fingerprint density at radius 1 is 0.392 bits per heavy atom. The van der Waals surface area contributed by atoms with Gasteiger partial charge >= 0.3 is 6.03 Å². The van der Waals surface area contributed by atoms with Crippen molar-refractivity contribution in [1.29, 1.82) is 0 Å². The second kappa shape index (κ2) is 21.7. The lowest BCUT2D eigenvalue weighted by molar-refractivity contribution is 0.0984. The summed E-state index contributed by atoms with van der Waals surface area (Å²) >= 11 is 0. The fourth-order valence-corrected chi connectivity index (χ4v) is 11.7. The fourth-order valence-electron chi connectivity index (χ4n) is 8.76. The molecule has 0 saturated carbocycles. The molecule has 8 aromatic rings. The highest BCUT2D eigenvalue weighted by molar-refractivity contribution is 7.87. The number of hydrogen-bond acceptors (Lipinski definition) is 13. The van der Waals surface area contributed by atoms with Crippen LogP contribution in [0.4, 0.5) is 27.5 Å². The van der Waals surface area contributed by atoms with Crippen molar-refractivity contribution in [1.82, 2.24) is 0 Å². The van der Waals surface area contributed by atoms with Crippen molar-refractivity contribution in [2.75, 3.05) is 21.3 Å². The Bertz CT molecular complexity index is 4410. The van der Waals surface area contributed by atoms with E-state index < -0.39 is 89.5 Å². The van der Waals surface area contributed by atoms with Gasteiger partial charge in [-0.3, -0.25) is 37.4 Å². The van der Waals surface area contributed by atoms with Crippen LogP contribution in [0.2, 0.25) is 0 Å². The molecule has 0 saturated heterocycles. The largest absolute Gasteiger partial charge is 0.323 e. The summed E-state index contributed by atoms with van der Waals surface area (Å²) in [5, 5.41) is 9.03. The molecule has 0 aromatic heterocycles. The third-order valence-corrected chi connectivity index (χ3v) is 16.2. The van der Waals surface area contributed by atoms with Crippen molar-refractivity contribution in [3.05, 3.63) is 190 Å². The molecule has 25 heteroatoms. The third-order valence-electron chi connectivity index (χ3n) is 12.6. The van der Waals surface area contributed by atoms with Crippen molar-refractivity contribution in [3.63, 3.8) is 0 Å². The molecule has 8 N–H and O–H groups in total. The number of benzene rings is 8. The second-order valence-corrected chi connectivity index (χ2v) is 23.7. The molecule has 4 amide bonds. The van der Waals surface area contributed by atoms with E-state index in [9.17, 15) is 75.9 Å². The van der Waals surface area contributed by atoms with Gasteiger partial charge in [-0.1, -0.05) is 48.5 Å². The quantitative estimate of drug-likeness (QED) is 0.0330. The first-order valence-corrected chi connectivity index (χ1v) is 28.9. The third kappa shape index (κ3) is 12.8. The Labute approximate surface area is 451 Å². The lowest BCUT2D eigenvalue weighted by atomic mass is 9.97. The molecule has 79 heavy (non-hydrogen) atoms. The standard InChI is InChI=1S/C54H44N4O17S4/c1-29-21-41-47(77(67,68)69)20-18-43(51(41)49(22-29)79(73,74)75)58-53(62)35-16-14-31(3)37(24-35)28-45(60)33-8-5-10-39(26-33)56-54(63)55-38-9-4-7-32(25-38)44(59)27-36-23-34(15-13-30(36)2)52(61)57-42-17-19-46(76(64,65)66)40-11-6-12-48(50(40)42)78(70,71)72/h4-26H,27-28H2,1-3H3,(H,57,61)(H,58,62)(H2,55,56,63)(H,64,65,66)(H,67,68,69)(H,70,71,72)(H,73,74,75). The van der Waals surface area contributed by atoms with Gasteiger partial charge in [-0.2, -0.15) is 33.7 Å². The number of Topliss-reactive ketones (excluding diaryl/α,β-unsaturated/α-hetero) is 2. The van der Waals surface area contributed by atoms with Crippen LogP contribution in [0.3, 0.4) is 0 Å². The van der Waals surface area contributed by atoms with Crippen LogP contribution in [0.15, 0.2) is 159 Å². The second-order valence-electron chi connectivity index (χ2n) is 18.1. The van der Waals surface area contributed by atoms with Crippen LogP contribution in [-0.4, -0.2) is 81.3 Å². The number of nitrogens with one attached hydrogen (secondary N) is 4. The summed E-state index contributed by atoms with van der Waals surface area (Å²) in [6.07, 6.45) is -0.430. The summed E-state index contributed by atoms with van der Waals surface area (Å²) in [5.74, 6) is -2.41. The molecule has 0 atom stereocenters. The fraction of sp³-hybridized carbons (Fsp3) is 0.0926. The number of rotatable bonds is 16. The molecule has 0 aliphatic carbocycles. The molecule has 406 valence electrons. The molecule has 0 fully saturated rings. The van der Waals surface area contributed by atoms with Crippen LogP contribution in [0.5, 0.6) is 0 Å². The van der Waals surface area contributed by atoms with Crippen molar-refractivity contribution in [2.24, 2.45) is 0 Å². The maximum Gasteiger partial charge on any atom is 0.323 e. The maximum atomic E-state index is 13.7. The topological polar surface area (TPSA) is 351 Å². The van der Waals surface area contributed by atoms with Crippen molar-refractivity contribution < 1.29 is 75.9 Å². The van der Waals surface area contributed by atoms with Crippen LogP contribution in [0, 0.1) is 20.8 Å². The van der Waals surface area contributed by atoms with E-state index >= 15 is 0 Å². The molecule has 0 aliphatic rings. The van der Waals surface area contributed by atoms with Gasteiger partial charge in [0.2, 0.25) is 0 Å². The summed E-state index contributed by atoms with van der Waals surface area (Å²) in [7, 11) is -19.7. The van der Waals surface area contributed by atoms with Gasteiger partial charge in [0.15, 0.2) is 11.6 Å². The zero-order valence-corrected chi connectivity index (χ0v) is 44.7. The van der Waals surface area contributed by atoms with Crippen LogP contribution in [-0.2, 0) is 53.3 Å². The van der Waals surface area contributed by atoms with E-state index in [0.29, 0.717) is 22.3 Å². The van der Waals surface area contributed by atoms with E-state index in [2.05, 4.69) is 21.3 Å². The SMILES string of the molecule is Cc1cc(S(=O)(=O)O)c2c(NC(=O)c3ccc(C)c(CC(=O)c4cccc(NC(=O)Nc5cccc(C(=O)Cc6cc(C(=O)Nc7ccc(S(=O)(=O)O)c8cccc(S(=O)(=O)O)c78)ccc6C)c5)c4)c3)ccc(S(=O)(=O)O)c2c1. The Morgan fingerprint density at radius 2 is 0.810 bits per heavy atom. The molecule has 8 aromatic carbocycles. The number of urea groups is 1. The number of aryl methyl sites for hydroxylation is 3. The van der Waals surface area contributed by atoms with Gasteiger partial charge in [-0.15, -0.1) is 0 Å². The summed E-state index contributed by atoms with van der Waals surface area (Å²) in [5.41, 5.74) is 2.75. The molecule has 8 rings (SSSR count). The number of amides is 4. The van der Waals surface area contributed by atoms with Gasteiger partial charge in [-0.05, 0) is 140 Å². The number of carbonyl (C=O) groups excluding carboxylic acids is 5. The highest BCUT2D eigenvalue weighted by Crippen LogP contribution is 2.37. The first-order valence-electron chi connectivity index (χ1n) is 23.2. The van der Waals surface area contributed by atoms with Crippen molar-refractivity contribution >= 4 is 114 Å². The summed E-state index contributed by atoms with van der Waals surface area (Å²) in [4.78, 5) is 65.2. The van der Waals surface area contributed by atoms with E-state index in [4.69, 9.17) is 0 Å². The maximum absolute atomic E-state index is 13.7. The van der Waals surface area contributed by atoms with Crippen LogP contribution in [0.1, 0.15) is 69.2 Å². The number of carbonyl (C=O) groups is 5. The Morgan fingerprint density at radius 3 is 1.25 bits per heavy atom. The minimum atomic E-state index is -4.99. The Hall–Kier alpha value is -8.53. The molecule has 0 spiro atoms. The Balaban J connectivity index is 0.925. The van der Waals surface area contributed by atoms with Gasteiger partial charge in [0, 0.05) is 68.0 Å². The van der Waals surface area contributed by atoms with Crippen LogP contribution >= 0.6 is 0 Å². The zero-order chi connectivity index (χ0) is 57.5. The van der Waals surface area contributed by atoms with Gasteiger partial charge in [-0.25, -0.2) is 4.79 Å². The Kier molecular flexibility index (Phi) is 15.6. The van der Waals surface area contributed by atoms with E-state index in [1.54, 1.807) is 26.0 Å². The molecule has 0 aliphatic heterocycles. The first-order chi connectivity index (χ1) is 37.0. The smallest absolute Gasteiger partial charge is 0.321 e. The summed E-state index contributed by atoms with van der Waals surface area (Å²) in [6, 6.07) is 29.9. The van der Waals surface area contributed by atoms with Gasteiger partial charge in [0.1, 0.15) is 19.6 Å². The minimum Gasteiger partial charge on any atom is -0.321 e. The molecule has 0 heterocycles. The highest BCUT2D eigenvalue weighted by atomic mass is 32.2. The zero-order valence-electron chi connectivity index (χ0n) is 41.4. The predicted octanol–water partition coefficient (Wildman–Crippen LogP) is 8.90. The normalized spacial score (nSPS) is 12.0. The molecule has 0 radical (unpaired) electrons. The van der Waals surface area contributed by atoms with E-state index in [-0.39, 0.29) is 85.0 Å². The van der Waals surface area contributed by atoms with Gasteiger partial charge in [0.05, 0.1) is 11.4 Å². The average Bonchev–Trinajstić information content (AvgIpc) is 3.41. The number of ketones is 2. The summed E-state index contributed by atoms with van der Waals surface area (Å²) < 4.78 is 138. The molecular weight excluding hydrogens is 1100 g/mol. The van der Waals surface area contributed by atoms with Crippen LogP contribution in [0.25, 0.3) is 21.5 Å². The molecule has 0 bridgehead atoms. The van der Waals surface area contributed by atoms with Gasteiger partial charge in [0.25, 0.3) is 52.3 Å². The van der Waals surface area contributed by atoms with E-state index in [0.717, 1.165) is 42.5 Å². The molecule has 21 nitrogen and oxygen atoms in total. The van der Waals surface area contributed by atoms with Crippen molar-refractivity contribution in [2.45, 2.75) is 53.2 Å². The lowest BCUT2D eigenvalue weighted by Crippen LogP contribution is -2.20. The molecular formula is C54H44N4O17S4. The van der Waals surface area contributed by atoms with Crippen molar-refractivity contribution in [3.8, 4) is 0 Å². The van der Waals surface area contributed by atoms with Crippen LogP contribution < -0.4 is 21.3 Å². The highest BCUT2D eigenvalue weighted by Gasteiger charge is 2.27. The lowest BCUT2D eigenvalue weighted by Gasteiger charge is -2.15. The number of anilines is 4. The number of hydrogen-bond donors (Lipinski definition) is 8. The predicted molar refractivity (Wildman–Crippen MR) is 292 cm³/mol. The van der Waals surface area contributed by atoms with E-state index in [1.807, 2.05) is 0 Å². The monoisotopic (exact) mass is 1150 g/mol. The first kappa shape index (κ1) is 56.7. The molecule has 0 unspecified atom stereocenters. The average molecular weight is 1150 g/mol. The summed E-state index contributed by atoms with van der Waals surface area (Å²) in [6.45, 7) is 4.85. The number of fused-ring (bicyclic) bond motifs is 2. The van der Waals surface area contributed by atoms with E-state index in [1.165, 1.54) is 91.9 Å².